The predicted octanol–water partition coefficient (Wildman–Crippen LogP) is 5.03. The monoisotopic (exact) mass is 454 g/mol. The fourth-order valence-electron chi connectivity index (χ4n) is 4.48. The molecule has 2 aromatic carbocycles. The van der Waals surface area contributed by atoms with Gasteiger partial charge in [-0.3, -0.25) is 9.10 Å². The molecule has 6 heteroatoms. The average Bonchev–Trinajstić information content (AvgIpc) is 3.45. The van der Waals surface area contributed by atoms with E-state index in [1.807, 2.05) is 55.0 Å². The number of benzene rings is 2. The molecule has 0 N–H and O–H groups in total. The van der Waals surface area contributed by atoms with Gasteiger partial charge in [-0.05, 0) is 62.9 Å². The highest BCUT2D eigenvalue weighted by atomic mass is 32.2. The molecule has 1 amide bonds. The molecule has 0 bridgehead atoms. The second-order valence-electron chi connectivity index (χ2n) is 8.92. The van der Waals surface area contributed by atoms with E-state index in [1.165, 1.54) is 31.5 Å². The van der Waals surface area contributed by atoms with Crippen LogP contribution in [0.5, 0.6) is 5.75 Å². The van der Waals surface area contributed by atoms with E-state index in [2.05, 4.69) is 29.4 Å². The molecule has 5 nitrogen and oxygen atoms in total. The van der Waals surface area contributed by atoms with Crippen LogP contribution in [-0.2, 0) is 4.74 Å². The molecule has 4 rings (SSSR count). The lowest BCUT2D eigenvalue weighted by Crippen LogP contribution is -2.32. The first-order valence-electron chi connectivity index (χ1n) is 11.5. The lowest BCUT2D eigenvalue weighted by atomic mass is 10.0. The van der Waals surface area contributed by atoms with Crippen molar-refractivity contribution in [3.8, 4) is 5.75 Å². The number of rotatable bonds is 7. The molecule has 0 saturated carbocycles. The average molecular weight is 455 g/mol. The summed E-state index contributed by atoms with van der Waals surface area (Å²) in [5, 5.41) is 0.376. The van der Waals surface area contributed by atoms with Gasteiger partial charge in [-0.2, -0.15) is 0 Å². The summed E-state index contributed by atoms with van der Waals surface area (Å²) in [7, 11) is 1.69. The van der Waals surface area contributed by atoms with Crippen molar-refractivity contribution < 1.29 is 14.3 Å². The van der Waals surface area contributed by atoms with Crippen molar-refractivity contribution in [2.75, 3.05) is 33.3 Å². The Labute approximate surface area is 196 Å². The first-order valence-corrected chi connectivity index (χ1v) is 12.4. The van der Waals surface area contributed by atoms with E-state index < -0.39 is 0 Å². The Morgan fingerprint density at radius 1 is 1.06 bits per heavy atom. The Bertz CT molecular complexity index is 944. The molecule has 3 atom stereocenters. The van der Waals surface area contributed by atoms with Gasteiger partial charge in [0.1, 0.15) is 18.0 Å². The first kappa shape index (κ1) is 23.1. The highest BCUT2D eigenvalue weighted by molar-refractivity contribution is 7.97. The van der Waals surface area contributed by atoms with Gasteiger partial charge in [-0.1, -0.05) is 41.8 Å². The van der Waals surface area contributed by atoms with Crippen LogP contribution in [0.25, 0.3) is 0 Å². The Balaban J connectivity index is 1.43. The molecule has 2 saturated heterocycles. The summed E-state index contributed by atoms with van der Waals surface area (Å²) in [6, 6.07) is 14.4. The zero-order valence-corrected chi connectivity index (χ0v) is 20.4. The van der Waals surface area contributed by atoms with Gasteiger partial charge in [0.2, 0.25) is 0 Å². The number of ether oxygens (including phenoxy) is 2. The smallest absolute Gasteiger partial charge is 0.254 e. The summed E-state index contributed by atoms with van der Waals surface area (Å²) in [6.07, 6.45) is 2.25. The highest BCUT2D eigenvalue weighted by Crippen LogP contribution is 2.35. The van der Waals surface area contributed by atoms with Crippen LogP contribution in [0.1, 0.15) is 52.1 Å². The molecule has 0 aromatic heterocycles. The summed E-state index contributed by atoms with van der Waals surface area (Å²) >= 11 is 1.92. The maximum Gasteiger partial charge on any atom is 0.254 e. The SMILES string of the molecule is COC1CN(C(=O)c2cc(C)ccc2C)C[C@H]1Oc1cccc(C(C)SN2CCCC2)c1. The minimum Gasteiger partial charge on any atom is -0.486 e. The van der Waals surface area contributed by atoms with E-state index in [-0.39, 0.29) is 18.1 Å². The van der Waals surface area contributed by atoms with Crippen molar-refractivity contribution in [1.82, 2.24) is 9.21 Å². The van der Waals surface area contributed by atoms with Gasteiger partial charge in [0.15, 0.2) is 0 Å². The van der Waals surface area contributed by atoms with E-state index in [0.717, 1.165) is 22.4 Å². The van der Waals surface area contributed by atoms with Crippen LogP contribution in [0, 0.1) is 13.8 Å². The van der Waals surface area contributed by atoms with Crippen LogP contribution in [0.4, 0.5) is 0 Å². The normalized spacial score (nSPS) is 22.3. The topological polar surface area (TPSA) is 42.0 Å². The molecule has 2 fully saturated rings. The summed E-state index contributed by atoms with van der Waals surface area (Å²) in [5.41, 5.74) is 4.10. The third kappa shape index (κ3) is 5.30. The molecule has 172 valence electrons. The third-order valence-corrected chi connectivity index (χ3v) is 7.67. The zero-order chi connectivity index (χ0) is 22.7. The Morgan fingerprint density at radius 2 is 1.81 bits per heavy atom. The molecule has 0 aliphatic carbocycles. The van der Waals surface area contributed by atoms with Crippen molar-refractivity contribution in [2.24, 2.45) is 0 Å². The van der Waals surface area contributed by atoms with Crippen molar-refractivity contribution in [3.05, 3.63) is 64.7 Å². The summed E-state index contributed by atoms with van der Waals surface area (Å²) in [5.74, 6) is 0.883. The summed E-state index contributed by atoms with van der Waals surface area (Å²) in [4.78, 5) is 15.1. The standard InChI is InChI=1S/C26H34N2O3S/c1-18-10-11-19(2)23(14-18)26(29)27-16-24(30-4)25(17-27)31-22-9-7-8-21(15-22)20(3)32-28-12-5-6-13-28/h7-11,14-15,20,24-25H,5-6,12-13,16-17H2,1-4H3/t20?,24?,25-/m1/s1. The molecule has 0 radical (unpaired) electrons. The molecular formula is C26H34N2O3S. The number of hydrogen-bond acceptors (Lipinski definition) is 5. The summed E-state index contributed by atoms with van der Waals surface area (Å²) in [6.45, 7) is 9.65. The molecule has 2 aromatic rings. The predicted molar refractivity (Wildman–Crippen MR) is 130 cm³/mol. The van der Waals surface area contributed by atoms with Gasteiger partial charge in [-0.15, -0.1) is 0 Å². The van der Waals surface area contributed by atoms with Crippen LogP contribution in [0.15, 0.2) is 42.5 Å². The number of carbonyl (C=O) groups is 1. The maximum absolute atomic E-state index is 13.2. The van der Waals surface area contributed by atoms with Gasteiger partial charge in [-0.25, -0.2) is 0 Å². The fourth-order valence-corrected chi connectivity index (χ4v) is 5.66. The quantitative estimate of drug-likeness (QED) is 0.549. The Hall–Kier alpha value is -2.02. The van der Waals surface area contributed by atoms with Crippen LogP contribution in [0.2, 0.25) is 0 Å². The van der Waals surface area contributed by atoms with E-state index in [9.17, 15) is 4.79 Å². The van der Waals surface area contributed by atoms with Gasteiger partial charge in [0, 0.05) is 31.0 Å². The lowest BCUT2D eigenvalue weighted by molar-refractivity contribution is 0.0339. The number of aryl methyl sites for hydroxylation is 2. The zero-order valence-electron chi connectivity index (χ0n) is 19.5. The van der Waals surface area contributed by atoms with Crippen molar-refractivity contribution in [1.29, 1.82) is 0 Å². The van der Waals surface area contributed by atoms with E-state index in [4.69, 9.17) is 9.47 Å². The molecule has 2 aliphatic heterocycles. The maximum atomic E-state index is 13.2. The van der Waals surface area contributed by atoms with Gasteiger partial charge in [0.25, 0.3) is 5.91 Å². The minimum absolute atomic E-state index is 0.0451. The third-order valence-electron chi connectivity index (χ3n) is 6.42. The first-order chi connectivity index (χ1) is 15.4. The molecule has 2 heterocycles. The molecule has 2 unspecified atom stereocenters. The number of nitrogens with zero attached hydrogens (tertiary/aromatic N) is 2. The Morgan fingerprint density at radius 3 is 2.56 bits per heavy atom. The van der Waals surface area contributed by atoms with Crippen molar-refractivity contribution >= 4 is 17.9 Å². The molecule has 0 spiro atoms. The second kappa shape index (κ2) is 10.3. The minimum atomic E-state index is -0.189. The lowest BCUT2D eigenvalue weighted by Gasteiger charge is -2.22. The van der Waals surface area contributed by atoms with Crippen LogP contribution >= 0.6 is 11.9 Å². The number of hydrogen-bond donors (Lipinski definition) is 0. The summed E-state index contributed by atoms with van der Waals surface area (Å²) < 4.78 is 14.5. The number of methoxy groups -OCH3 is 1. The van der Waals surface area contributed by atoms with E-state index >= 15 is 0 Å². The van der Waals surface area contributed by atoms with Crippen LogP contribution < -0.4 is 4.74 Å². The van der Waals surface area contributed by atoms with Gasteiger partial charge in [0.05, 0.1) is 13.1 Å². The second-order valence-corrected chi connectivity index (χ2v) is 10.3. The number of carbonyl (C=O) groups excluding carboxylic acids is 1. The Kier molecular flexibility index (Phi) is 7.44. The van der Waals surface area contributed by atoms with Crippen LogP contribution in [-0.4, -0.2) is 60.6 Å². The highest BCUT2D eigenvalue weighted by Gasteiger charge is 2.37. The number of likely N-dealkylation sites (tertiary alicyclic amines) is 1. The van der Waals surface area contributed by atoms with Gasteiger partial charge < -0.3 is 14.4 Å². The van der Waals surface area contributed by atoms with Crippen LogP contribution in [0.3, 0.4) is 0 Å². The van der Waals surface area contributed by atoms with Crippen molar-refractivity contribution in [3.63, 3.8) is 0 Å². The van der Waals surface area contributed by atoms with E-state index in [1.54, 1.807) is 7.11 Å². The largest absolute Gasteiger partial charge is 0.486 e. The fraction of sp³-hybridized carbons (Fsp3) is 0.500. The number of amides is 1. The molecule has 32 heavy (non-hydrogen) atoms. The van der Waals surface area contributed by atoms with E-state index in [0.29, 0.717) is 18.3 Å². The molecular weight excluding hydrogens is 420 g/mol. The molecule has 2 aliphatic rings. The van der Waals surface area contributed by atoms with Gasteiger partial charge >= 0.3 is 0 Å². The van der Waals surface area contributed by atoms with Crippen molar-refractivity contribution in [2.45, 2.75) is 51.1 Å².